The van der Waals surface area contributed by atoms with E-state index in [1.165, 1.54) is 14.0 Å². The molecule has 0 bridgehead atoms. The van der Waals surface area contributed by atoms with E-state index in [2.05, 4.69) is 73.8 Å². The maximum absolute atomic E-state index is 13.4. The maximum Gasteiger partial charge on any atom is 0.319 e. The van der Waals surface area contributed by atoms with E-state index < -0.39 is 0 Å². The van der Waals surface area contributed by atoms with E-state index in [0.29, 0.717) is 30.0 Å². The molecule has 0 saturated heterocycles. The van der Waals surface area contributed by atoms with Crippen molar-refractivity contribution in [1.29, 1.82) is 0 Å². The number of fused-ring (bicyclic) bond motifs is 2. The lowest BCUT2D eigenvalue weighted by molar-refractivity contribution is -0.114. The zero-order chi connectivity index (χ0) is 31.8. The van der Waals surface area contributed by atoms with Gasteiger partial charge < -0.3 is 25.4 Å². The summed E-state index contributed by atoms with van der Waals surface area (Å²) in [4.78, 5) is 25.3. The Hall–Kier alpha value is -4.60. The number of rotatable bonds is 6. The minimum atomic E-state index is -0.366. The van der Waals surface area contributed by atoms with Crippen molar-refractivity contribution >= 4 is 29.0 Å². The lowest BCUT2D eigenvalue weighted by Gasteiger charge is -2.32. The Balaban J connectivity index is 1.36. The number of methoxy groups -OCH3 is 1. The predicted molar refractivity (Wildman–Crippen MR) is 172 cm³/mol. The Kier molecular flexibility index (Phi) is 8.29. The van der Waals surface area contributed by atoms with Gasteiger partial charge in [-0.25, -0.2) is 4.79 Å². The number of nitrogens with one attached hydrogen (secondary N) is 3. The van der Waals surface area contributed by atoms with Gasteiger partial charge in [-0.3, -0.25) is 9.20 Å². The highest BCUT2D eigenvalue weighted by Crippen LogP contribution is 2.41. The van der Waals surface area contributed by atoms with Crippen molar-refractivity contribution in [3.8, 4) is 11.5 Å². The van der Waals surface area contributed by atoms with Gasteiger partial charge in [0.05, 0.1) is 30.7 Å². The van der Waals surface area contributed by atoms with Crippen LogP contribution >= 0.6 is 0 Å². The van der Waals surface area contributed by atoms with Crippen LogP contribution in [0.4, 0.5) is 16.2 Å². The molecule has 1 aliphatic carbocycles. The van der Waals surface area contributed by atoms with Gasteiger partial charge in [0.1, 0.15) is 17.7 Å². The van der Waals surface area contributed by atoms with E-state index in [4.69, 9.17) is 9.47 Å². The summed E-state index contributed by atoms with van der Waals surface area (Å²) in [6.45, 7) is 14.0. The van der Waals surface area contributed by atoms with Crippen LogP contribution in [0.15, 0.2) is 54.7 Å². The van der Waals surface area contributed by atoms with Crippen molar-refractivity contribution < 1.29 is 19.1 Å². The van der Waals surface area contributed by atoms with Crippen LogP contribution in [-0.4, -0.2) is 33.6 Å². The number of pyridine rings is 1. The Bertz CT molecular complexity index is 1700. The topological polar surface area (TPSA) is 119 Å². The molecule has 2 aromatic heterocycles. The minimum Gasteiger partial charge on any atom is -0.492 e. The van der Waals surface area contributed by atoms with Crippen LogP contribution in [-0.2, 0) is 15.6 Å². The Labute approximate surface area is 258 Å². The highest BCUT2D eigenvalue weighted by molar-refractivity contribution is 5.97. The normalized spacial score (nSPS) is 16.6. The first-order valence-corrected chi connectivity index (χ1v) is 14.9. The number of anilines is 2. The van der Waals surface area contributed by atoms with Gasteiger partial charge in [0.15, 0.2) is 11.4 Å². The number of ether oxygens (including phenoxy) is 2. The monoisotopic (exact) mass is 598 g/mol. The number of hydrogen-bond acceptors (Lipinski definition) is 6. The van der Waals surface area contributed by atoms with Crippen molar-refractivity contribution in [2.24, 2.45) is 0 Å². The number of urea groups is 1. The molecule has 0 radical (unpaired) electrons. The van der Waals surface area contributed by atoms with Crippen LogP contribution in [0.1, 0.15) is 96.0 Å². The maximum atomic E-state index is 13.4. The van der Waals surface area contributed by atoms with Crippen molar-refractivity contribution in [2.75, 3.05) is 17.7 Å². The van der Waals surface area contributed by atoms with Crippen molar-refractivity contribution in [3.05, 3.63) is 77.2 Å². The number of benzene rings is 2. The first-order chi connectivity index (χ1) is 20.7. The predicted octanol–water partition coefficient (Wildman–Crippen LogP) is 7.07. The van der Waals surface area contributed by atoms with Crippen molar-refractivity contribution in [2.45, 2.75) is 84.3 Å². The molecule has 2 heterocycles. The van der Waals surface area contributed by atoms with Crippen molar-refractivity contribution in [3.63, 3.8) is 0 Å². The molecule has 0 aliphatic heterocycles. The number of nitrogens with zero attached hydrogens (tertiary/aromatic N) is 3. The van der Waals surface area contributed by atoms with E-state index in [0.717, 1.165) is 33.9 Å². The fourth-order valence-corrected chi connectivity index (χ4v) is 5.61. The number of aromatic nitrogens is 3. The molecule has 44 heavy (non-hydrogen) atoms. The minimum absolute atomic E-state index is 0.168. The summed E-state index contributed by atoms with van der Waals surface area (Å²) >= 11 is 0. The zero-order valence-corrected chi connectivity index (χ0v) is 26.7. The zero-order valence-electron chi connectivity index (χ0n) is 26.7. The van der Waals surface area contributed by atoms with E-state index in [1.54, 1.807) is 0 Å². The summed E-state index contributed by atoms with van der Waals surface area (Å²) in [5, 5.41) is 17.7. The second-order valence-corrected chi connectivity index (χ2v) is 13.4. The standard InChI is InChI=1S/C34H42N6O4/c1-20(41)35-26-17-21(33(2,3)4)18-27(30(26)43-8)37-32(42)36-25-14-15-28(24-12-10-9-11-23(24)25)44-22-13-16-29-38-39-31(34(5,6)7)40(29)19-22/h9-13,16-19,25,28H,14-15H2,1-8H3,(H,35,41)(H2,36,37,42)/t25-,28+/m0/s1. The van der Waals surface area contributed by atoms with Gasteiger partial charge in [0.25, 0.3) is 0 Å². The Morgan fingerprint density at radius 1 is 0.886 bits per heavy atom. The fourth-order valence-electron chi connectivity index (χ4n) is 5.61. The lowest BCUT2D eigenvalue weighted by Crippen LogP contribution is -2.35. The van der Waals surface area contributed by atoms with E-state index in [-0.39, 0.29) is 34.9 Å². The quantitative estimate of drug-likeness (QED) is 0.219. The summed E-state index contributed by atoms with van der Waals surface area (Å²) in [5.41, 5.74) is 4.35. The van der Waals surface area contributed by atoms with E-state index >= 15 is 0 Å². The van der Waals surface area contributed by atoms with Gasteiger partial charge in [-0.2, -0.15) is 0 Å². The molecule has 2 aromatic carbocycles. The molecule has 0 saturated carbocycles. The first-order valence-electron chi connectivity index (χ1n) is 14.9. The van der Waals surface area contributed by atoms with Crippen LogP contribution in [0.25, 0.3) is 5.65 Å². The number of amides is 3. The SMILES string of the molecule is COc1c(NC(C)=O)cc(C(C)(C)C)cc1NC(=O)N[C@H]1CC[C@@H](Oc2ccc3nnc(C(C)(C)C)n3c2)c2ccccc21. The third-order valence-electron chi connectivity index (χ3n) is 7.78. The van der Waals surface area contributed by atoms with Crippen LogP contribution < -0.4 is 25.4 Å². The molecule has 1 aliphatic rings. The molecular weight excluding hydrogens is 556 g/mol. The second kappa shape index (κ2) is 11.8. The Morgan fingerprint density at radius 3 is 2.20 bits per heavy atom. The molecule has 0 unspecified atom stereocenters. The highest BCUT2D eigenvalue weighted by atomic mass is 16.5. The van der Waals surface area contributed by atoms with Gasteiger partial charge in [-0.1, -0.05) is 65.8 Å². The number of hydrogen-bond donors (Lipinski definition) is 3. The largest absolute Gasteiger partial charge is 0.492 e. The van der Waals surface area contributed by atoms with Crippen LogP contribution in [0.2, 0.25) is 0 Å². The van der Waals surface area contributed by atoms with Crippen molar-refractivity contribution in [1.82, 2.24) is 19.9 Å². The second-order valence-electron chi connectivity index (χ2n) is 13.4. The number of carbonyl (C=O) groups excluding carboxylic acids is 2. The fraction of sp³-hybridized carbons (Fsp3) is 0.412. The van der Waals surface area contributed by atoms with Gasteiger partial charge in [0, 0.05) is 12.3 Å². The molecule has 0 fully saturated rings. The molecule has 10 heteroatoms. The molecule has 0 spiro atoms. The van der Waals surface area contributed by atoms with Crippen LogP contribution in [0.3, 0.4) is 0 Å². The summed E-state index contributed by atoms with van der Waals surface area (Å²) in [6, 6.07) is 15.1. The van der Waals surface area contributed by atoms with Gasteiger partial charge in [-0.15, -0.1) is 10.2 Å². The lowest BCUT2D eigenvalue weighted by atomic mass is 9.85. The van der Waals surface area contributed by atoms with E-state index in [9.17, 15) is 9.59 Å². The molecule has 10 nitrogen and oxygen atoms in total. The highest BCUT2D eigenvalue weighted by Gasteiger charge is 2.30. The third-order valence-corrected chi connectivity index (χ3v) is 7.78. The first kappa shape index (κ1) is 30.8. The molecule has 4 aromatic rings. The van der Waals surface area contributed by atoms with Crippen LogP contribution in [0.5, 0.6) is 11.5 Å². The average molecular weight is 599 g/mol. The van der Waals surface area contributed by atoms with E-state index in [1.807, 2.05) is 53.1 Å². The number of carbonyl (C=O) groups is 2. The summed E-state index contributed by atoms with van der Waals surface area (Å²) < 4.78 is 14.2. The van der Waals surface area contributed by atoms with Crippen LogP contribution in [0, 0.1) is 0 Å². The van der Waals surface area contributed by atoms with Gasteiger partial charge >= 0.3 is 6.03 Å². The Morgan fingerprint density at radius 2 is 1.57 bits per heavy atom. The molecule has 3 amide bonds. The molecule has 2 atom stereocenters. The summed E-state index contributed by atoms with van der Waals surface area (Å²) in [6.07, 6.45) is 3.17. The van der Waals surface area contributed by atoms with Gasteiger partial charge in [0.2, 0.25) is 5.91 Å². The smallest absolute Gasteiger partial charge is 0.319 e. The molecular formula is C34H42N6O4. The summed E-state index contributed by atoms with van der Waals surface area (Å²) in [5.74, 6) is 1.76. The summed E-state index contributed by atoms with van der Waals surface area (Å²) in [7, 11) is 1.52. The third kappa shape index (κ3) is 6.49. The van der Waals surface area contributed by atoms with Gasteiger partial charge in [-0.05, 0) is 59.2 Å². The molecule has 232 valence electrons. The molecule has 3 N–H and O–H groups in total. The average Bonchev–Trinajstić information content (AvgIpc) is 3.37. The molecule has 5 rings (SSSR count).